The predicted molar refractivity (Wildman–Crippen MR) is 87.6 cm³/mol. The van der Waals surface area contributed by atoms with E-state index >= 15 is 0 Å². The van der Waals surface area contributed by atoms with Crippen LogP contribution in [0.5, 0.6) is 0 Å². The van der Waals surface area contributed by atoms with Crippen LogP contribution in [0.3, 0.4) is 0 Å². The first-order valence-corrected chi connectivity index (χ1v) is 7.32. The lowest BCUT2D eigenvalue weighted by atomic mass is 10.1. The van der Waals surface area contributed by atoms with Crippen molar-refractivity contribution in [1.29, 1.82) is 0 Å². The molecular formula is C18H15N3O2. The number of fused-ring (bicyclic) bond motifs is 1. The van der Waals surface area contributed by atoms with Crippen LogP contribution in [-0.2, 0) is 13.7 Å². The highest BCUT2D eigenvalue weighted by molar-refractivity contribution is 5.92. The Morgan fingerprint density at radius 1 is 1.09 bits per heavy atom. The molecule has 0 fully saturated rings. The molecule has 23 heavy (non-hydrogen) atoms. The van der Waals surface area contributed by atoms with E-state index in [1.165, 1.54) is 0 Å². The van der Waals surface area contributed by atoms with Crippen LogP contribution in [0.25, 0.3) is 33.5 Å². The van der Waals surface area contributed by atoms with Crippen LogP contribution in [0.15, 0.2) is 59.5 Å². The summed E-state index contributed by atoms with van der Waals surface area (Å²) in [6.07, 6.45) is 5.45. The van der Waals surface area contributed by atoms with Crippen molar-refractivity contribution in [3.05, 3.63) is 60.6 Å². The lowest BCUT2D eigenvalue weighted by molar-refractivity contribution is 0.282. The molecule has 0 saturated heterocycles. The zero-order chi connectivity index (χ0) is 15.8. The fourth-order valence-corrected chi connectivity index (χ4v) is 2.62. The summed E-state index contributed by atoms with van der Waals surface area (Å²) in [4.78, 5) is 4.74. The SMILES string of the molecule is Cn1cc(-c2ccc3occ(-c4ccc(CO)cc4)c3n2)cn1. The van der Waals surface area contributed by atoms with Gasteiger partial charge in [-0.25, -0.2) is 4.98 Å². The smallest absolute Gasteiger partial charge is 0.153 e. The molecule has 4 rings (SSSR count). The number of pyridine rings is 1. The molecule has 0 atom stereocenters. The molecule has 4 aromatic rings. The van der Waals surface area contributed by atoms with Gasteiger partial charge in [0.15, 0.2) is 5.58 Å². The van der Waals surface area contributed by atoms with E-state index in [1.807, 2.05) is 49.6 Å². The Kier molecular flexibility index (Phi) is 3.20. The highest BCUT2D eigenvalue weighted by atomic mass is 16.3. The van der Waals surface area contributed by atoms with Gasteiger partial charge in [0.25, 0.3) is 0 Å². The molecule has 0 bridgehead atoms. The van der Waals surface area contributed by atoms with Gasteiger partial charge in [-0.15, -0.1) is 0 Å². The van der Waals surface area contributed by atoms with Crippen LogP contribution >= 0.6 is 0 Å². The van der Waals surface area contributed by atoms with Gasteiger partial charge in [-0.3, -0.25) is 4.68 Å². The Balaban J connectivity index is 1.83. The first-order chi connectivity index (χ1) is 11.2. The fraction of sp³-hybridized carbons (Fsp3) is 0.111. The summed E-state index contributed by atoms with van der Waals surface area (Å²) in [6.45, 7) is 0.0375. The lowest BCUT2D eigenvalue weighted by Crippen LogP contribution is -1.86. The quantitative estimate of drug-likeness (QED) is 0.630. The molecule has 3 heterocycles. The number of benzene rings is 1. The van der Waals surface area contributed by atoms with Gasteiger partial charge in [-0.05, 0) is 23.3 Å². The highest BCUT2D eigenvalue weighted by Gasteiger charge is 2.12. The maximum Gasteiger partial charge on any atom is 0.153 e. The van der Waals surface area contributed by atoms with E-state index in [-0.39, 0.29) is 6.61 Å². The van der Waals surface area contributed by atoms with Gasteiger partial charge in [0.1, 0.15) is 11.8 Å². The number of aliphatic hydroxyl groups is 1. The van der Waals surface area contributed by atoms with E-state index in [0.29, 0.717) is 0 Å². The van der Waals surface area contributed by atoms with Crippen LogP contribution in [0.1, 0.15) is 5.56 Å². The van der Waals surface area contributed by atoms with Crippen molar-refractivity contribution in [3.8, 4) is 22.4 Å². The summed E-state index contributed by atoms with van der Waals surface area (Å²) in [5.41, 5.74) is 6.23. The maximum absolute atomic E-state index is 9.16. The largest absolute Gasteiger partial charge is 0.462 e. The molecule has 0 saturated carbocycles. The minimum Gasteiger partial charge on any atom is -0.462 e. The summed E-state index contributed by atoms with van der Waals surface area (Å²) in [5.74, 6) is 0. The van der Waals surface area contributed by atoms with Gasteiger partial charge >= 0.3 is 0 Å². The molecule has 0 unspecified atom stereocenters. The Morgan fingerprint density at radius 3 is 2.61 bits per heavy atom. The normalized spacial score (nSPS) is 11.2. The molecule has 0 amide bonds. The van der Waals surface area contributed by atoms with Crippen LogP contribution in [0.2, 0.25) is 0 Å². The average Bonchev–Trinajstić information content (AvgIpc) is 3.20. The third-order valence-electron chi connectivity index (χ3n) is 3.87. The summed E-state index contributed by atoms with van der Waals surface area (Å²) in [7, 11) is 1.88. The number of aryl methyl sites for hydroxylation is 1. The van der Waals surface area contributed by atoms with Gasteiger partial charge in [0.05, 0.1) is 18.5 Å². The number of rotatable bonds is 3. The zero-order valence-electron chi connectivity index (χ0n) is 12.6. The van der Waals surface area contributed by atoms with E-state index in [1.54, 1.807) is 17.1 Å². The molecule has 0 aliphatic rings. The molecule has 3 aromatic heterocycles. The van der Waals surface area contributed by atoms with Gasteiger partial charge < -0.3 is 9.52 Å². The molecule has 5 nitrogen and oxygen atoms in total. The van der Waals surface area contributed by atoms with E-state index in [0.717, 1.165) is 39.0 Å². The first-order valence-electron chi connectivity index (χ1n) is 7.32. The minimum absolute atomic E-state index is 0.0375. The number of aromatic nitrogens is 3. The summed E-state index contributed by atoms with van der Waals surface area (Å²) in [5, 5.41) is 13.3. The standard InChI is InChI=1S/C18H15N3O2/c1-21-9-14(8-19-21)16-6-7-17-18(20-16)15(11-23-17)13-4-2-12(10-22)3-5-13/h2-9,11,22H,10H2,1H3. The molecule has 0 aliphatic carbocycles. The van der Waals surface area contributed by atoms with Crippen molar-refractivity contribution in [2.24, 2.45) is 7.05 Å². The number of nitrogens with zero attached hydrogens (tertiary/aromatic N) is 3. The first kappa shape index (κ1) is 13.7. The maximum atomic E-state index is 9.16. The zero-order valence-corrected chi connectivity index (χ0v) is 12.6. The Labute approximate surface area is 132 Å². The van der Waals surface area contributed by atoms with Crippen molar-refractivity contribution >= 4 is 11.1 Å². The molecule has 1 aromatic carbocycles. The second-order valence-corrected chi connectivity index (χ2v) is 5.45. The van der Waals surface area contributed by atoms with Crippen LogP contribution in [0.4, 0.5) is 0 Å². The molecule has 0 aliphatic heterocycles. The van der Waals surface area contributed by atoms with E-state index in [4.69, 9.17) is 14.5 Å². The lowest BCUT2D eigenvalue weighted by Gasteiger charge is -2.01. The van der Waals surface area contributed by atoms with Gasteiger partial charge in [0, 0.05) is 24.4 Å². The van der Waals surface area contributed by atoms with Crippen molar-refractivity contribution in [2.45, 2.75) is 6.61 Å². The molecule has 5 heteroatoms. The molecule has 114 valence electrons. The van der Waals surface area contributed by atoms with Crippen LogP contribution in [-0.4, -0.2) is 19.9 Å². The average molecular weight is 305 g/mol. The van der Waals surface area contributed by atoms with E-state index in [2.05, 4.69) is 5.10 Å². The minimum atomic E-state index is 0.0375. The predicted octanol–water partition coefficient (Wildman–Crippen LogP) is 3.39. The number of aliphatic hydroxyl groups excluding tert-OH is 1. The molecule has 1 N–H and O–H groups in total. The van der Waals surface area contributed by atoms with Crippen molar-refractivity contribution in [2.75, 3.05) is 0 Å². The monoisotopic (exact) mass is 305 g/mol. The molecular weight excluding hydrogens is 290 g/mol. The molecule has 0 spiro atoms. The van der Waals surface area contributed by atoms with Crippen LogP contribution in [0, 0.1) is 0 Å². The third-order valence-corrected chi connectivity index (χ3v) is 3.87. The summed E-state index contributed by atoms with van der Waals surface area (Å²) < 4.78 is 7.38. The second-order valence-electron chi connectivity index (χ2n) is 5.45. The number of hydrogen-bond acceptors (Lipinski definition) is 4. The summed E-state index contributed by atoms with van der Waals surface area (Å²) in [6, 6.07) is 11.6. The van der Waals surface area contributed by atoms with Crippen LogP contribution < -0.4 is 0 Å². The van der Waals surface area contributed by atoms with E-state index in [9.17, 15) is 0 Å². The Morgan fingerprint density at radius 2 is 1.91 bits per heavy atom. The fourth-order valence-electron chi connectivity index (χ4n) is 2.62. The highest BCUT2D eigenvalue weighted by Crippen LogP contribution is 2.31. The number of furan rings is 1. The van der Waals surface area contributed by atoms with Gasteiger partial charge in [-0.2, -0.15) is 5.10 Å². The van der Waals surface area contributed by atoms with Gasteiger partial charge in [0.2, 0.25) is 0 Å². The number of hydrogen-bond donors (Lipinski definition) is 1. The van der Waals surface area contributed by atoms with Crippen molar-refractivity contribution in [3.63, 3.8) is 0 Å². The Bertz CT molecular complexity index is 968. The topological polar surface area (TPSA) is 64.1 Å². The van der Waals surface area contributed by atoms with Crippen molar-refractivity contribution in [1.82, 2.24) is 14.8 Å². The second kappa shape index (κ2) is 5.37. The molecule has 0 radical (unpaired) electrons. The van der Waals surface area contributed by atoms with E-state index < -0.39 is 0 Å². The van der Waals surface area contributed by atoms with Crippen molar-refractivity contribution < 1.29 is 9.52 Å². The summed E-state index contributed by atoms with van der Waals surface area (Å²) >= 11 is 0. The van der Waals surface area contributed by atoms with Gasteiger partial charge in [-0.1, -0.05) is 24.3 Å². The Hall–Kier alpha value is -2.92. The third kappa shape index (κ3) is 2.41.